The first-order valence-electron chi connectivity index (χ1n) is 7.03. The smallest absolute Gasteiger partial charge is 0.178 e. The van der Waals surface area contributed by atoms with Crippen LogP contribution < -0.4 is 0 Å². The average Bonchev–Trinajstić information content (AvgIpc) is 3.03. The summed E-state index contributed by atoms with van der Waals surface area (Å²) in [5.74, 6) is 2.34. The first-order chi connectivity index (χ1) is 10.1. The van der Waals surface area contributed by atoms with E-state index in [-0.39, 0.29) is 5.78 Å². The van der Waals surface area contributed by atoms with Crippen LogP contribution in [0.4, 0.5) is 0 Å². The maximum atomic E-state index is 12.5. The SMILES string of the molecule is CCc1nn(C)c(CC(=O)c2cc3c(s2)CCSC3)c1Cl. The fourth-order valence-corrected chi connectivity index (χ4v) is 5.21. The monoisotopic (exact) mass is 340 g/mol. The fraction of sp³-hybridized carbons (Fsp3) is 0.467. The van der Waals surface area contributed by atoms with Gasteiger partial charge in [0.05, 0.1) is 27.7 Å². The van der Waals surface area contributed by atoms with Gasteiger partial charge in [0, 0.05) is 17.7 Å². The molecule has 0 fully saturated rings. The number of hydrogen-bond acceptors (Lipinski definition) is 4. The van der Waals surface area contributed by atoms with Crippen LogP contribution in [0.2, 0.25) is 5.02 Å². The van der Waals surface area contributed by atoms with Gasteiger partial charge in [-0.3, -0.25) is 9.48 Å². The molecule has 2 aromatic rings. The van der Waals surface area contributed by atoms with Crippen LogP contribution in [0.1, 0.15) is 38.4 Å². The van der Waals surface area contributed by atoms with Crippen molar-refractivity contribution in [2.45, 2.75) is 31.9 Å². The highest BCUT2D eigenvalue weighted by Crippen LogP contribution is 2.32. The Kier molecular flexibility index (Phi) is 4.43. The van der Waals surface area contributed by atoms with Gasteiger partial charge in [0.2, 0.25) is 0 Å². The highest BCUT2D eigenvalue weighted by molar-refractivity contribution is 7.98. The predicted octanol–water partition coefficient (Wildman–Crippen LogP) is 3.91. The highest BCUT2D eigenvalue weighted by atomic mass is 35.5. The van der Waals surface area contributed by atoms with Crippen molar-refractivity contribution < 1.29 is 4.79 Å². The van der Waals surface area contributed by atoms with Crippen molar-refractivity contribution in [1.82, 2.24) is 9.78 Å². The number of carbonyl (C=O) groups is 1. The Morgan fingerprint density at radius 1 is 1.52 bits per heavy atom. The largest absolute Gasteiger partial charge is 0.293 e. The quantitative estimate of drug-likeness (QED) is 0.791. The second kappa shape index (κ2) is 6.15. The molecule has 0 radical (unpaired) electrons. The molecule has 0 N–H and O–H groups in total. The lowest BCUT2D eigenvalue weighted by molar-refractivity contribution is 0.0994. The van der Waals surface area contributed by atoms with E-state index in [1.807, 2.05) is 25.7 Å². The molecule has 21 heavy (non-hydrogen) atoms. The molecule has 6 heteroatoms. The number of ketones is 1. The minimum atomic E-state index is 0.145. The lowest BCUT2D eigenvalue weighted by Gasteiger charge is -2.08. The molecular weight excluding hydrogens is 324 g/mol. The maximum Gasteiger partial charge on any atom is 0.178 e. The summed E-state index contributed by atoms with van der Waals surface area (Å²) >= 11 is 9.92. The molecule has 2 aromatic heterocycles. The minimum absolute atomic E-state index is 0.145. The highest BCUT2D eigenvalue weighted by Gasteiger charge is 2.21. The molecule has 3 nitrogen and oxygen atoms in total. The lowest BCUT2D eigenvalue weighted by Crippen LogP contribution is -2.07. The summed E-state index contributed by atoms with van der Waals surface area (Å²) < 4.78 is 1.74. The number of aromatic nitrogens is 2. The second-order valence-electron chi connectivity index (χ2n) is 5.15. The number of nitrogens with zero attached hydrogens (tertiary/aromatic N) is 2. The van der Waals surface area contributed by atoms with Gasteiger partial charge in [-0.2, -0.15) is 16.9 Å². The van der Waals surface area contributed by atoms with Gasteiger partial charge < -0.3 is 0 Å². The summed E-state index contributed by atoms with van der Waals surface area (Å²) in [5.41, 5.74) is 3.02. The Hall–Kier alpha value is -0.780. The Morgan fingerprint density at radius 3 is 3.00 bits per heavy atom. The van der Waals surface area contributed by atoms with E-state index in [1.54, 1.807) is 16.0 Å². The van der Waals surface area contributed by atoms with Crippen molar-refractivity contribution in [2.24, 2.45) is 7.05 Å². The Balaban J connectivity index is 1.83. The van der Waals surface area contributed by atoms with Crippen molar-refractivity contribution in [2.75, 3.05) is 5.75 Å². The molecule has 0 saturated carbocycles. The van der Waals surface area contributed by atoms with Gasteiger partial charge >= 0.3 is 0 Å². The third kappa shape index (κ3) is 2.91. The van der Waals surface area contributed by atoms with Crippen LogP contribution in [0.15, 0.2) is 6.07 Å². The fourth-order valence-electron chi connectivity index (χ4n) is 2.54. The van der Waals surface area contributed by atoms with Gasteiger partial charge in [-0.1, -0.05) is 18.5 Å². The third-order valence-corrected chi connectivity index (χ3v) is 6.46. The summed E-state index contributed by atoms with van der Waals surface area (Å²) in [7, 11) is 1.85. The van der Waals surface area contributed by atoms with Gasteiger partial charge in [-0.15, -0.1) is 11.3 Å². The van der Waals surface area contributed by atoms with Crippen LogP contribution in [0.5, 0.6) is 0 Å². The van der Waals surface area contributed by atoms with Crippen LogP contribution in [-0.2, 0) is 32.1 Å². The molecule has 0 atom stereocenters. The Bertz CT molecular complexity index is 667. The summed E-state index contributed by atoms with van der Waals surface area (Å²) in [5, 5.41) is 5.02. The Morgan fingerprint density at radius 2 is 2.33 bits per heavy atom. The predicted molar refractivity (Wildman–Crippen MR) is 89.8 cm³/mol. The van der Waals surface area contributed by atoms with Crippen molar-refractivity contribution in [3.05, 3.63) is 37.8 Å². The van der Waals surface area contributed by atoms with Gasteiger partial charge in [0.15, 0.2) is 5.78 Å². The molecule has 0 saturated heterocycles. The minimum Gasteiger partial charge on any atom is -0.293 e. The average molecular weight is 341 g/mol. The van der Waals surface area contributed by atoms with Gasteiger partial charge in [-0.05, 0) is 30.2 Å². The molecule has 0 unspecified atom stereocenters. The first kappa shape index (κ1) is 15.1. The number of thiophene rings is 1. The zero-order chi connectivity index (χ0) is 15.0. The number of Topliss-reactive ketones (excluding diaryl/α,β-unsaturated/α-hetero) is 1. The van der Waals surface area contributed by atoms with E-state index in [2.05, 4.69) is 11.2 Å². The number of thioether (sulfide) groups is 1. The summed E-state index contributed by atoms with van der Waals surface area (Å²) in [4.78, 5) is 14.8. The first-order valence-corrected chi connectivity index (χ1v) is 9.37. The van der Waals surface area contributed by atoms with Gasteiger partial charge in [-0.25, -0.2) is 0 Å². The van der Waals surface area contributed by atoms with E-state index >= 15 is 0 Å². The number of rotatable bonds is 4. The molecule has 1 aliphatic rings. The summed E-state index contributed by atoms with van der Waals surface area (Å²) in [6.07, 6.45) is 2.20. The number of aryl methyl sites for hydroxylation is 3. The van der Waals surface area contributed by atoms with Crippen LogP contribution in [0.3, 0.4) is 0 Å². The molecular formula is C15H17ClN2OS2. The maximum absolute atomic E-state index is 12.5. The molecule has 0 aromatic carbocycles. The normalized spacial score (nSPS) is 14.2. The third-order valence-electron chi connectivity index (χ3n) is 3.73. The second-order valence-corrected chi connectivity index (χ2v) is 7.77. The molecule has 3 heterocycles. The number of fused-ring (bicyclic) bond motifs is 1. The van der Waals surface area contributed by atoms with E-state index in [0.717, 1.165) is 40.6 Å². The lowest BCUT2D eigenvalue weighted by atomic mass is 10.1. The van der Waals surface area contributed by atoms with Crippen molar-refractivity contribution in [1.29, 1.82) is 0 Å². The molecule has 0 spiro atoms. The van der Waals surface area contributed by atoms with Crippen LogP contribution in [0, 0.1) is 0 Å². The van der Waals surface area contributed by atoms with E-state index in [1.165, 1.54) is 10.4 Å². The molecule has 112 valence electrons. The van der Waals surface area contributed by atoms with Crippen molar-refractivity contribution in [3.8, 4) is 0 Å². The molecule has 3 rings (SSSR count). The summed E-state index contributed by atoms with van der Waals surface area (Å²) in [6, 6.07) is 2.07. The van der Waals surface area contributed by atoms with Crippen molar-refractivity contribution in [3.63, 3.8) is 0 Å². The molecule has 0 aliphatic carbocycles. The van der Waals surface area contributed by atoms with Crippen LogP contribution in [0.25, 0.3) is 0 Å². The standard InChI is InChI=1S/C15H17ClN2OS2/c1-3-10-15(16)11(18(2)17-10)7-12(19)14-6-9-8-20-5-4-13(9)21-14/h6H,3-5,7-8H2,1-2H3. The number of halogens is 1. The van der Waals surface area contributed by atoms with E-state index in [9.17, 15) is 4.79 Å². The molecule has 0 amide bonds. The molecule has 0 bridgehead atoms. The molecule has 1 aliphatic heterocycles. The van der Waals surface area contributed by atoms with Crippen molar-refractivity contribution >= 4 is 40.5 Å². The zero-order valence-electron chi connectivity index (χ0n) is 12.1. The Labute approximate surface area is 137 Å². The van der Waals surface area contributed by atoms with Crippen LogP contribution >= 0.6 is 34.7 Å². The van der Waals surface area contributed by atoms with Crippen LogP contribution in [-0.4, -0.2) is 21.3 Å². The number of hydrogen-bond donors (Lipinski definition) is 0. The summed E-state index contributed by atoms with van der Waals surface area (Å²) in [6.45, 7) is 2.02. The van der Waals surface area contributed by atoms with Gasteiger partial charge in [0.25, 0.3) is 0 Å². The topological polar surface area (TPSA) is 34.9 Å². The van der Waals surface area contributed by atoms with E-state index < -0.39 is 0 Å². The van der Waals surface area contributed by atoms with Gasteiger partial charge in [0.1, 0.15) is 0 Å². The van der Waals surface area contributed by atoms with E-state index in [4.69, 9.17) is 11.6 Å². The number of carbonyl (C=O) groups excluding carboxylic acids is 1. The van der Waals surface area contributed by atoms with E-state index in [0.29, 0.717) is 11.4 Å². The zero-order valence-corrected chi connectivity index (χ0v) is 14.5.